The highest BCUT2D eigenvalue weighted by Gasteiger charge is 2.37. The van der Waals surface area contributed by atoms with Crippen LogP contribution in [0.25, 0.3) is 17.2 Å². The Labute approximate surface area is 182 Å². The summed E-state index contributed by atoms with van der Waals surface area (Å²) in [5.74, 6) is -0.578. The number of benzene rings is 1. The first-order valence-electron chi connectivity index (χ1n) is 10.3. The second kappa shape index (κ2) is 8.27. The van der Waals surface area contributed by atoms with Crippen molar-refractivity contribution in [3.8, 4) is 11.1 Å². The lowest BCUT2D eigenvalue weighted by atomic mass is 9.84. The number of rotatable bonds is 3. The van der Waals surface area contributed by atoms with E-state index in [1.165, 1.54) is 9.75 Å². The molecule has 5 heteroatoms. The second-order valence-corrected chi connectivity index (χ2v) is 11.0. The van der Waals surface area contributed by atoms with Crippen LogP contribution in [0, 0.1) is 0 Å². The van der Waals surface area contributed by atoms with Crippen molar-refractivity contribution in [3.63, 3.8) is 0 Å². The molecule has 1 aromatic carbocycles. The molecule has 1 aliphatic heterocycles. The van der Waals surface area contributed by atoms with Crippen LogP contribution in [0.4, 0.5) is 4.39 Å². The van der Waals surface area contributed by atoms with Crippen LogP contribution in [-0.4, -0.2) is 29.5 Å². The number of thiophene rings is 1. The SMILES string of the molecule is CC(C)(C)c1sc(C(C)(C)C)c(-c2ccccc2)c1C=C[C@H]1OC(=O)C[C@H](O)[C@H]1F. The zero-order chi connectivity index (χ0) is 22.3. The number of esters is 1. The molecule has 2 heterocycles. The Balaban J connectivity index is 2.19. The van der Waals surface area contributed by atoms with Gasteiger partial charge in [0.25, 0.3) is 0 Å². The first-order chi connectivity index (χ1) is 13.9. The maximum absolute atomic E-state index is 14.5. The van der Waals surface area contributed by atoms with E-state index < -0.39 is 24.3 Å². The van der Waals surface area contributed by atoms with Gasteiger partial charge in [-0.3, -0.25) is 4.79 Å². The van der Waals surface area contributed by atoms with Gasteiger partial charge in [-0.25, -0.2) is 4.39 Å². The van der Waals surface area contributed by atoms with E-state index in [0.717, 1.165) is 16.7 Å². The van der Waals surface area contributed by atoms with Crippen molar-refractivity contribution < 1.29 is 19.0 Å². The van der Waals surface area contributed by atoms with E-state index in [1.807, 2.05) is 24.3 Å². The summed E-state index contributed by atoms with van der Waals surface area (Å²) in [4.78, 5) is 14.2. The minimum absolute atomic E-state index is 0.0714. The van der Waals surface area contributed by atoms with Gasteiger partial charge in [0.15, 0.2) is 12.3 Å². The summed E-state index contributed by atoms with van der Waals surface area (Å²) in [5, 5.41) is 9.84. The Hall–Kier alpha value is -1.98. The Morgan fingerprint density at radius 1 is 1.07 bits per heavy atom. The van der Waals surface area contributed by atoms with Crippen LogP contribution in [0.15, 0.2) is 36.4 Å². The molecule has 0 amide bonds. The molecular formula is C25H31FO3S. The summed E-state index contributed by atoms with van der Waals surface area (Å²) in [6.07, 6.45) is -0.892. The highest BCUT2D eigenvalue weighted by atomic mass is 32.1. The van der Waals surface area contributed by atoms with Gasteiger partial charge in [-0.1, -0.05) is 78.0 Å². The lowest BCUT2D eigenvalue weighted by Crippen LogP contribution is -2.42. The molecule has 1 fully saturated rings. The molecule has 3 atom stereocenters. The summed E-state index contributed by atoms with van der Waals surface area (Å²) >= 11 is 1.78. The fourth-order valence-corrected chi connectivity index (χ4v) is 5.11. The zero-order valence-corrected chi connectivity index (χ0v) is 19.3. The van der Waals surface area contributed by atoms with Gasteiger partial charge in [0.05, 0.1) is 12.5 Å². The molecule has 3 nitrogen and oxygen atoms in total. The molecule has 1 saturated heterocycles. The van der Waals surface area contributed by atoms with Gasteiger partial charge in [-0.15, -0.1) is 11.3 Å². The normalized spacial score (nSPS) is 23.1. The Morgan fingerprint density at radius 2 is 1.67 bits per heavy atom. The lowest BCUT2D eigenvalue weighted by Gasteiger charge is -2.27. The average Bonchev–Trinajstić information content (AvgIpc) is 3.04. The number of hydrogen-bond donors (Lipinski definition) is 1. The van der Waals surface area contributed by atoms with Gasteiger partial charge < -0.3 is 9.84 Å². The van der Waals surface area contributed by atoms with E-state index in [1.54, 1.807) is 17.4 Å². The van der Waals surface area contributed by atoms with Crippen molar-refractivity contribution in [2.45, 2.75) is 77.2 Å². The Morgan fingerprint density at radius 3 is 2.23 bits per heavy atom. The second-order valence-electron chi connectivity index (χ2n) is 9.94. The molecule has 0 spiro atoms. The van der Waals surface area contributed by atoms with Crippen molar-refractivity contribution in [3.05, 3.63) is 51.7 Å². The molecule has 0 radical (unpaired) electrons. The summed E-state index contributed by atoms with van der Waals surface area (Å²) in [6, 6.07) is 10.2. The minimum atomic E-state index is -1.63. The monoisotopic (exact) mass is 430 g/mol. The van der Waals surface area contributed by atoms with Crippen LogP contribution in [0.5, 0.6) is 0 Å². The van der Waals surface area contributed by atoms with E-state index in [4.69, 9.17) is 4.74 Å². The van der Waals surface area contributed by atoms with Crippen molar-refractivity contribution >= 4 is 23.4 Å². The molecule has 3 rings (SSSR count). The van der Waals surface area contributed by atoms with Gasteiger partial charge in [0.1, 0.15) is 0 Å². The topological polar surface area (TPSA) is 46.5 Å². The molecule has 1 aliphatic rings. The first kappa shape index (κ1) is 22.7. The maximum Gasteiger partial charge on any atom is 0.309 e. The number of aliphatic hydroxyl groups excluding tert-OH is 1. The minimum Gasteiger partial charge on any atom is -0.455 e. The molecule has 0 saturated carbocycles. The third kappa shape index (κ3) is 4.68. The predicted octanol–water partition coefficient (Wildman–Crippen LogP) is 6.04. The smallest absolute Gasteiger partial charge is 0.309 e. The number of ether oxygens (including phenoxy) is 1. The van der Waals surface area contributed by atoms with Crippen LogP contribution in [0.1, 0.15) is 63.3 Å². The molecule has 162 valence electrons. The highest BCUT2D eigenvalue weighted by Crippen LogP contribution is 2.47. The van der Waals surface area contributed by atoms with Crippen molar-refractivity contribution in [1.82, 2.24) is 0 Å². The summed E-state index contributed by atoms with van der Waals surface area (Å²) in [7, 11) is 0. The van der Waals surface area contributed by atoms with Crippen LogP contribution >= 0.6 is 11.3 Å². The molecular weight excluding hydrogens is 399 g/mol. The van der Waals surface area contributed by atoms with E-state index in [0.29, 0.717) is 0 Å². The number of cyclic esters (lactones) is 1. The van der Waals surface area contributed by atoms with Crippen molar-refractivity contribution in [2.75, 3.05) is 0 Å². The van der Waals surface area contributed by atoms with E-state index >= 15 is 0 Å². The quantitative estimate of drug-likeness (QED) is 0.604. The molecule has 2 aromatic rings. The fourth-order valence-electron chi connectivity index (χ4n) is 3.68. The predicted molar refractivity (Wildman–Crippen MR) is 122 cm³/mol. The molecule has 30 heavy (non-hydrogen) atoms. The van der Waals surface area contributed by atoms with Crippen LogP contribution < -0.4 is 0 Å². The fraction of sp³-hybridized carbons (Fsp3) is 0.480. The number of alkyl halides is 1. The molecule has 1 N–H and O–H groups in total. The van der Waals surface area contributed by atoms with Crippen LogP contribution in [0.3, 0.4) is 0 Å². The molecule has 0 bridgehead atoms. The Kier molecular flexibility index (Phi) is 6.26. The van der Waals surface area contributed by atoms with Gasteiger partial charge in [0, 0.05) is 15.3 Å². The van der Waals surface area contributed by atoms with E-state index in [-0.39, 0.29) is 17.3 Å². The van der Waals surface area contributed by atoms with Gasteiger partial charge in [-0.05, 0) is 28.0 Å². The van der Waals surface area contributed by atoms with Gasteiger partial charge >= 0.3 is 5.97 Å². The number of aliphatic hydroxyl groups is 1. The van der Waals surface area contributed by atoms with Crippen LogP contribution in [-0.2, 0) is 20.4 Å². The van der Waals surface area contributed by atoms with Crippen LogP contribution in [0.2, 0.25) is 0 Å². The Bertz CT molecular complexity index is 932. The summed E-state index contributed by atoms with van der Waals surface area (Å²) in [5.41, 5.74) is 3.07. The van der Waals surface area contributed by atoms with Gasteiger partial charge in [-0.2, -0.15) is 0 Å². The number of carbonyl (C=O) groups excluding carboxylic acids is 1. The summed E-state index contributed by atoms with van der Waals surface area (Å²) < 4.78 is 19.7. The zero-order valence-electron chi connectivity index (χ0n) is 18.5. The molecule has 1 aromatic heterocycles. The van der Waals surface area contributed by atoms with Crippen molar-refractivity contribution in [2.24, 2.45) is 0 Å². The van der Waals surface area contributed by atoms with E-state index in [9.17, 15) is 14.3 Å². The van der Waals surface area contributed by atoms with E-state index in [2.05, 4.69) is 53.7 Å². The lowest BCUT2D eigenvalue weighted by molar-refractivity contribution is -0.164. The number of carbonyl (C=O) groups is 1. The molecule has 0 aliphatic carbocycles. The number of halogens is 1. The third-order valence-corrected chi connectivity index (χ3v) is 7.20. The first-order valence-corrected chi connectivity index (χ1v) is 11.1. The molecule has 0 unspecified atom stereocenters. The largest absolute Gasteiger partial charge is 0.455 e. The maximum atomic E-state index is 14.5. The third-order valence-electron chi connectivity index (χ3n) is 5.15. The van der Waals surface area contributed by atoms with Gasteiger partial charge in [0.2, 0.25) is 0 Å². The average molecular weight is 431 g/mol. The van der Waals surface area contributed by atoms with Crippen molar-refractivity contribution in [1.29, 1.82) is 0 Å². The highest BCUT2D eigenvalue weighted by molar-refractivity contribution is 7.13. The summed E-state index contributed by atoms with van der Waals surface area (Å²) in [6.45, 7) is 13.1. The number of hydrogen-bond acceptors (Lipinski definition) is 4. The standard InChI is InChI=1S/C25H31FO3S/c1-24(2,3)22-16(12-13-18-21(26)17(27)14-19(28)29-18)20(15-10-8-7-9-11-15)23(30-22)25(4,5)6/h7-13,17-18,21,27H,14H2,1-6H3/t17-,18+,21+/m0/s1.